The molecule has 1 aromatic carbocycles. The predicted octanol–water partition coefficient (Wildman–Crippen LogP) is 2.88. The van der Waals surface area contributed by atoms with E-state index in [0.717, 1.165) is 11.0 Å². The molecule has 82 valence electrons. The van der Waals surface area contributed by atoms with Crippen molar-refractivity contribution in [2.75, 3.05) is 27.2 Å². The fraction of sp³-hybridized carbons (Fsp3) is 0.429. The zero-order valence-corrected chi connectivity index (χ0v) is 9.95. The molecule has 0 saturated carbocycles. The van der Waals surface area contributed by atoms with Crippen molar-refractivity contribution in [1.29, 1.82) is 0 Å². The smallest absolute Gasteiger partial charge is 0.0966 e. The quantitative estimate of drug-likeness (QED) is 0.494. The molecule has 15 heavy (non-hydrogen) atoms. The first-order valence-electron chi connectivity index (χ1n) is 5.61. The minimum atomic E-state index is 1.04. The van der Waals surface area contributed by atoms with Gasteiger partial charge in [0.1, 0.15) is 0 Å². The molecule has 0 amide bonds. The van der Waals surface area contributed by atoms with Gasteiger partial charge in [-0.2, -0.15) is 0 Å². The predicted molar refractivity (Wildman–Crippen MR) is 66.8 cm³/mol. The molecule has 1 aromatic rings. The SMILES string of the molecule is C=CC[N+](C)(C)CCCc1ccccc1. The Kier molecular flexibility index (Phi) is 4.57. The van der Waals surface area contributed by atoms with Crippen molar-refractivity contribution in [3.8, 4) is 0 Å². The molecule has 1 heteroatoms. The monoisotopic (exact) mass is 204 g/mol. The van der Waals surface area contributed by atoms with Crippen LogP contribution in [0.25, 0.3) is 0 Å². The molecule has 0 aromatic heterocycles. The third-order valence-electron chi connectivity index (χ3n) is 2.70. The molecule has 0 spiro atoms. The van der Waals surface area contributed by atoms with Gasteiger partial charge in [0.2, 0.25) is 0 Å². The van der Waals surface area contributed by atoms with Crippen LogP contribution in [-0.4, -0.2) is 31.7 Å². The molecule has 0 unspecified atom stereocenters. The maximum atomic E-state index is 3.80. The topological polar surface area (TPSA) is 0 Å². The van der Waals surface area contributed by atoms with Crippen molar-refractivity contribution in [2.24, 2.45) is 0 Å². The third kappa shape index (κ3) is 4.80. The van der Waals surface area contributed by atoms with Crippen LogP contribution >= 0.6 is 0 Å². The van der Waals surface area contributed by atoms with Gasteiger partial charge in [0.05, 0.1) is 27.2 Å². The van der Waals surface area contributed by atoms with Crippen LogP contribution < -0.4 is 0 Å². The molecule has 0 aliphatic heterocycles. The van der Waals surface area contributed by atoms with E-state index in [-0.39, 0.29) is 0 Å². The maximum absolute atomic E-state index is 3.80. The van der Waals surface area contributed by atoms with Gasteiger partial charge in [-0.3, -0.25) is 0 Å². The Bertz CT molecular complexity index is 287. The minimum Gasteiger partial charge on any atom is -0.325 e. The van der Waals surface area contributed by atoms with Crippen LogP contribution in [0.4, 0.5) is 0 Å². The van der Waals surface area contributed by atoms with Crippen molar-refractivity contribution in [3.63, 3.8) is 0 Å². The highest BCUT2D eigenvalue weighted by Gasteiger charge is 2.11. The van der Waals surface area contributed by atoms with Crippen molar-refractivity contribution in [1.82, 2.24) is 0 Å². The van der Waals surface area contributed by atoms with Crippen LogP contribution in [-0.2, 0) is 6.42 Å². The fourth-order valence-electron chi connectivity index (χ4n) is 1.80. The van der Waals surface area contributed by atoms with E-state index in [2.05, 4.69) is 51.0 Å². The number of aryl methyl sites for hydroxylation is 1. The first-order valence-corrected chi connectivity index (χ1v) is 5.61. The molecule has 0 heterocycles. The van der Waals surface area contributed by atoms with Gasteiger partial charge in [-0.05, 0) is 18.1 Å². The molecule has 0 fully saturated rings. The first kappa shape index (κ1) is 12.0. The van der Waals surface area contributed by atoms with Gasteiger partial charge in [-0.15, -0.1) is 0 Å². The summed E-state index contributed by atoms with van der Waals surface area (Å²) < 4.78 is 1.04. The lowest BCUT2D eigenvalue weighted by Gasteiger charge is -2.28. The summed E-state index contributed by atoms with van der Waals surface area (Å²) >= 11 is 0. The molecule has 1 nitrogen and oxygen atoms in total. The summed E-state index contributed by atoms with van der Waals surface area (Å²) in [6.07, 6.45) is 4.42. The lowest BCUT2D eigenvalue weighted by Crippen LogP contribution is -2.40. The van der Waals surface area contributed by atoms with Gasteiger partial charge < -0.3 is 4.48 Å². The van der Waals surface area contributed by atoms with Gasteiger partial charge in [-0.25, -0.2) is 0 Å². The average Bonchev–Trinajstić information content (AvgIpc) is 2.19. The molecule has 0 aliphatic carbocycles. The van der Waals surface area contributed by atoms with E-state index in [9.17, 15) is 0 Å². The minimum absolute atomic E-state index is 1.04. The number of benzene rings is 1. The van der Waals surface area contributed by atoms with Crippen LogP contribution in [0.5, 0.6) is 0 Å². The van der Waals surface area contributed by atoms with E-state index in [1.165, 1.54) is 24.9 Å². The van der Waals surface area contributed by atoms with E-state index in [0.29, 0.717) is 0 Å². The summed E-state index contributed by atoms with van der Waals surface area (Å²) in [6.45, 7) is 6.06. The number of nitrogens with zero attached hydrogens (tertiary/aromatic N) is 1. The highest BCUT2D eigenvalue weighted by atomic mass is 15.3. The first-order chi connectivity index (χ1) is 7.14. The summed E-state index contributed by atoms with van der Waals surface area (Å²) in [5.74, 6) is 0. The Labute approximate surface area is 93.6 Å². The largest absolute Gasteiger partial charge is 0.325 e. The number of rotatable bonds is 6. The maximum Gasteiger partial charge on any atom is 0.0966 e. The molecule has 0 aliphatic rings. The lowest BCUT2D eigenvalue weighted by molar-refractivity contribution is -0.884. The molecule has 1 rings (SSSR count). The second-order valence-corrected chi connectivity index (χ2v) is 4.72. The van der Waals surface area contributed by atoms with E-state index < -0.39 is 0 Å². The van der Waals surface area contributed by atoms with Crippen molar-refractivity contribution < 1.29 is 4.48 Å². The Balaban J connectivity index is 2.30. The third-order valence-corrected chi connectivity index (χ3v) is 2.70. The standard InChI is InChI=1S/C14H22N/c1-4-12-15(2,3)13-8-11-14-9-6-5-7-10-14/h4-7,9-10H,1,8,11-13H2,2-3H3/q+1. The van der Waals surface area contributed by atoms with Gasteiger partial charge >= 0.3 is 0 Å². The second kappa shape index (κ2) is 5.72. The zero-order chi connectivity index (χ0) is 11.1. The summed E-state index contributed by atoms with van der Waals surface area (Å²) in [7, 11) is 4.51. The summed E-state index contributed by atoms with van der Waals surface area (Å²) in [5.41, 5.74) is 1.44. The Morgan fingerprint density at radius 3 is 2.47 bits per heavy atom. The van der Waals surface area contributed by atoms with Crippen LogP contribution in [0.3, 0.4) is 0 Å². The zero-order valence-electron chi connectivity index (χ0n) is 9.95. The van der Waals surface area contributed by atoms with Gasteiger partial charge in [0, 0.05) is 6.42 Å². The van der Waals surface area contributed by atoms with E-state index >= 15 is 0 Å². The number of likely N-dealkylation sites (N-methyl/N-ethyl adjacent to an activating group) is 1. The van der Waals surface area contributed by atoms with Crippen LogP contribution in [0.15, 0.2) is 43.0 Å². The van der Waals surface area contributed by atoms with Crippen LogP contribution in [0.2, 0.25) is 0 Å². The lowest BCUT2D eigenvalue weighted by atomic mass is 10.1. The van der Waals surface area contributed by atoms with E-state index in [4.69, 9.17) is 0 Å². The van der Waals surface area contributed by atoms with Crippen molar-refractivity contribution in [2.45, 2.75) is 12.8 Å². The molecule has 0 saturated heterocycles. The Morgan fingerprint density at radius 2 is 1.87 bits per heavy atom. The summed E-state index contributed by atoms with van der Waals surface area (Å²) in [6, 6.07) is 10.7. The highest BCUT2D eigenvalue weighted by Crippen LogP contribution is 2.06. The molecule has 0 N–H and O–H groups in total. The fourth-order valence-corrected chi connectivity index (χ4v) is 1.80. The molecular formula is C14H22N+. The van der Waals surface area contributed by atoms with Crippen LogP contribution in [0, 0.1) is 0 Å². The molecule has 0 bridgehead atoms. The van der Waals surface area contributed by atoms with Gasteiger partial charge in [-0.1, -0.05) is 36.9 Å². The second-order valence-electron chi connectivity index (χ2n) is 4.72. The van der Waals surface area contributed by atoms with Crippen LogP contribution in [0.1, 0.15) is 12.0 Å². The molecule has 0 radical (unpaired) electrons. The molecule has 0 atom stereocenters. The van der Waals surface area contributed by atoms with E-state index in [1.54, 1.807) is 0 Å². The summed E-state index contributed by atoms with van der Waals surface area (Å²) in [4.78, 5) is 0. The average molecular weight is 204 g/mol. The van der Waals surface area contributed by atoms with Gasteiger partial charge in [0.15, 0.2) is 0 Å². The summed E-state index contributed by atoms with van der Waals surface area (Å²) in [5, 5.41) is 0. The van der Waals surface area contributed by atoms with Crippen molar-refractivity contribution >= 4 is 0 Å². The highest BCUT2D eigenvalue weighted by molar-refractivity contribution is 5.14. The molecular weight excluding hydrogens is 182 g/mol. The van der Waals surface area contributed by atoms with Crippen molar-refractivity contribution in [3.05, 3.63) is 48.6 Å². The Morgan fingerprint density at radius 1 is 1.20 bits per heavy atom. The normalized spacial score (nSPS) is 11.3. The van der Waals surface area contributed by atoms with Gasteiger partial charge in [0.25, 0.3) is 0 Å². The number of hydrogen-bond donors (Lipinski definition) is 0. The number of hydrogen-bond acceptors (Lipinski definition) is 0. The van der Waals surface area contributed by atoms with E-state index in [1.807, 2.05) is 6.08 Å². The Hall–Kier alpha value is -1.08. The number of quaternary nitrogens is 1.